The van der Waals surface area contributed by atoms with Crippen LogP contribution in [0.3, 0.4) is 0 Å². The van der Waals surface area contributed by atoms with E-state index in [1.54, 1.807) is 11.3 Å². The Hall–Kier alpha value is -3.86. The number of ether oxygens (including phenoxy) is 2. The van der Waals surface area contributed by atoms with Gasteiger partial charge in [0.2, 0.25) is 0 Å². The number of amides is 2. The summed E-state index contributed by atoms with van der Waals surface area (Å²) in [5.74, 6) is 0. The lowest BCUT2D eigenvalue weighted by atomic mass is 10.1. The maximum atomic E-state index is 12.2. The van der Waals surface area contributed by atoms with Crippen molar-refractivity contribution in [3.63, 3.8) is 0 Å². The molecular formula is C31H34N4O4S2. The third-order valence-electron chi connectivity index (χ3n) is 5.40. The maximum absolute atomic E-state index is 12.2. The summed E-state index contributed by atoms with van der Waals surface area (Å²) in [5, 5.41) is 6.41. The van der Waals surface area contributed by atoms with Gasteiger partial charge >= 0.3 is 12.2 Å². The number of nitrogens with zero attached hydrogens (tertiary/aromatic N) is 1. The highest BCUT2D eigenvalue weighted by molar-refractivity contribution is 7.97. The highest BCUT2D eigenvalue weighted by Gasteiger charge is 2.17. The molecule has 41 heavy (non-hydrogen) atoms. The molecule has 3 N–H and O–H groups in total. The minimum Gasteiger partial charge on any atom is -0.447 e. The van der Waals surface area contributed by atoms with Crippen molar-refractivity contribution in [1.82, 2.24) is 9.71 Å². The van der Waals surface area contributed by atoms with Gasteiger partial charge in [-0.2, -0.15) is 0 Å². The first-order valence-corrected chi connectivity index (χ1v) is 14.8. The van der Waals surface area contributed by atoms with Crippen molar-refractivity contribution in [1.29, 1.82) is 0 Å². The number of nitrogens with one attached hydrogen (secondary N) is 3. The van der Waals surface area contributed by atoms with Gasteiger partial charge in [0.15, 0.2) is 0 Å². The number of rotatable bonds is 9. The molecule has 0 unspecified atom stereocenters. The highest BCUT2D eigenvalue weighted by Crippen LogP contribution is 2.38. The third kappa shape index (κ3) is 9.34. The van der Waals surface area contributed by atoms with E-state index < -0.39 is 12.2 Å². The first-order valence-electron chi connectivity index (χ1n) is 13.2. The molecular weight excluding hydrogens is 556 g/mol. The summed E-state index contributed by atoms with van der Waals surface area (Å²) in [7, 11) is 0. The second-order valence-corrected chi connectivity index (χ2v) is 12.4. The molecule has 10 heteroatoms. The van der Waals surface area contributed by atoms with Gasteiger partial charge in [-0.05, 0) is 88.0 Å². The Morgan fingerprint density at radius 1 is 0.927 bits per heavy atom. The van der Waals surface area contributed by atoms with Gasteiger partial charge in [0.05, 0.1) is 11.0 Å². The van der Waals surface area contributed by atoms with E-state index in [2.05, 4.69) is 36.1 Å². The van der Waals surface area contributed by atoms with E-state index in [0.717, 1.165) is 31.5 Å². The predicted octanol–water partition coefficient (Wildman–Crippen LogP) is 8.58. The number of hydrogen-bond acceptors (Lipinski definition) is 8. The minimum atomic E-state index is -0.508. The maximum Gasteiger partial charge on any atom is 0.411 e. The summed E-state index contributed by atoms with van der Waals surface area (Å²) >= 11 is 3.06. The quantitative estimate of drug-likeness (QED) is 0.168. The molecule has 1 heterocycles. The topological polar surface area (TPSA) is 102 Å². The van der Waals surface area contributed by atoms with Crippen molar-refractivity contribution in [3.05, 3.63) is 84.6 Å². The fourth-order valence-electron chi connectivity index (χ4n) is 3.56. The van der Waals surface area contributed by atoms with Crippen molar-refractivity contribution < 1.29 is 19.1 Å². The van der Waals surface area contributed by atoms with Crippen LogP contribution in [-0.2, 0) is 16.1 Å². The number of thiazole rings is 1. The van der Waals surface area contributed by atoms with Crippen LogP contribution in [0.15, 0.2) is 83.9 Å². The molecule has 3 aromatic carbocycles. The van der Waals surface area contributed by atoms with Crippen molar-refractivity contribution in [2.45, 2.75) is 57.8 Å². The zero-order valence-electron chi connectivity index (χ0n) is 23.7. The van der Waals surface area contributed by atoms with Crippen molar-refractivity contribution in [2.24, 2.45) is 0 Å². The first-order chi connectivity index (χ1) is 19.6. The Kier molecular flexibility index (Phi) is 10.0. The molecule has 4 rings (SSSR count). The summed E-state index contributed by atoms with van der Waals surface area (Å²) in [6.07, 6.45) is 0.629. The Labute approximate surface area is 249 Å². The third-order valence-corrected chi connectivity index (χ3v) is 7.75. The molecule has 0 aliphatic rings. The van der Waals surface area contributed by atoms with Crippen LogP contribution in [-0.4, -0.2) is 28.8 Å². The van der Waals surface area contributed by atoms with Crippen LogP contribution in [0.4, 0.5) is 21.0 Å². The Balaban J connectivity index is 1.46. The van der Waals surface area contributed by atoms with Crippen LogP contribution < -0.4 is 15.4 Å². The molecule has 0 radical (unpaired) electrons. The normalized spacial score (nSPS) is 11.3. The predicted molar refractivity (Wildman–Crippen MR) is 167 cm³/mol. The van der Waals surface area contributed by atoms with Gasteiger partial charge in [-0.15, -0.1) is 11.3 Å². The molecule has 0 fully saturated rings. The average Bonchev–Trinajstić information content (AvgIpc) is 3.41. The van der Waals surface area contributed by atoms with Gasteiger partial charge in [-0.25, -0.2) is 14.6 Å². The number of hydrogen-bond donors (Lipinski definition) is 3. The molecule has 0 spiro atoms. The number of carbonyl (C=O) groups excluding carboxylic acids is 2. The van der Waals surface area contributed by atoms with Gasteiger partial charge in [0.1, 0.15) is 11.6 Å². The molecule has 0 aliphatic heterocycles. The van der Waals surface area contributed by atoms with Crippen LogP contribution in [0, 0.1) is 0 Å². The highest BCUT2D eigenvalue weighted by atomic mass is 32.2. The molecule has 0 saturated heterocycles. The summed E-state index contributed by atoms with van der Waals surface area (Å²) in [4.78, 5) is 31.0. The lowest BCUT2D eigenvalue weighted by Gasteiger charge is -2.20. The molecule has 0 bridgehead atoms. The van der Waals surface area contributed by atoms with E-state index in [9.17, 15) is 9.59 Å². The summed E-state index contributed by atoms with van der Waals surface area (Å²) < 4.78 is 14.0. The summed E-state index contributed by atoms with van der Waals surface area (Å²) in [5.41, 5.74) is 4.01. The minimum absolute atomic E-state index is 0.125. The van der Waals surface area contributed by atoms with Crippen LogP contribution in [0.1, 0.15) is 40.2 Å². The molecule has 4 aromatic rings. The Morgan fingerprint density at radius 2 is 1.61 bits per heavy atom. The molecule has 2 amide bonds. The van der Waals surface area contributed by atoms with Gasteiger partial charge < -0.3 is 9.47 Å². The van der Waals surface area contributed by atoms with E-state index in [-0.39, 0.29) is 18.2 Å². The van der Waals surface area contributed by atoms with Crippen molar-refractivity contribution in [2.75, 3.05) is 10.6 Å². The van der Waals surface area contributed by atoms with E-state index >= 15 is 0 Å². The summed E-state index contributed by atoms with van der Waals surface area (Å²) in [6, 6.07) is 22.8. The number of benzene rings is 3. The number of anilines is 2. The first kappa shape index (κ1) is 30.1. The Morgan fingerprint density at radius 3 is 2.29 bits per heavy atom. The smallest absolute Gasteiger partial charge is 0.411 e. The Bertz CT molecular complexity index is 1470. The zero-order chi connectivity index (χ0) is 29.4. The lowest BCUT2D eigenvalue weighted by Crippen LogP contribution is -2.29. The average molecular weight is 591 g/mol. The molecule has 214 valence electrons. The molecule has 0 atom stereocenters. The lowest BCUT2D eigenvalue weighted by molar-refractivity contribution is 0.130. The van der Waals surface area contributed by atoms with E-state index in [1.807, 2.05) is 92.8 Å². The number of carbonyl (C=O) groups is 2. The van der Waals surface area contributed by atoms with Gasteiger partial charge in [0, 0.05) is 33.6 Å². The standard InChI is InChI=1S/C31H34N4O4S2/c1-20(2)39-30(37)34-24-15-16-25(26(17-24)41-35-31(3,4)5)28-32-18-27(40-28)22-11-13-23(14-12-22)33-29(36)38-19-21-9-7-6-8-10-21/h6-18,20,35H,19H2,1-5H3,(H,33,36)(H,34,37). The fraction of sp³-hybridized carbons (Fsp3) is 0.258. The number of aromatic nitrogens is 1. The monoisotopic (exact) mass is 590 g/mol. The van der Waals surface area contributed by atoms with Gasteiger partial charge in [-0.3, -0.25) is 15.4 Å². The van der Waals surface area contributed by atoms with Crippen LogP contribution in [0.2, 0.25) is 0 Å². The molecule has 8 nitrogen and oxygen atoms in total. The molecule has 0 aliphatic carbocycles. The van der Waals surface area contributed by atoms with Crippen LogP contribution in [0.25, 0.3) is 21.0 Å². The van der Waals surface area contributed by atoms with Crippen molar-refractivity contribution in [3.8, 4) is 21.0 Å². The largest absolute Gasteiger partial charge is 0.447 e. The van der Waals surface area contributed by atoms with Crippen LogP contribution >= 0.6 is 23.3 Å². The van der Waals surface area contributed by atoms with Gasteiger partial charge in [0.25, 0.3) is 0 Å². The second kappa shape index (κ2) is 13.7. The van der Waals surface area contributed by atoms with Crippen molar-refractivity contribution >= 4 is 46.8 Å². The zero-order valence-corrected chi connectivity index (χ0v) is 25.3. The van der Waals surface area contributed by atoms with E-state index in [4.69, 9.17) is 14.5 Å². The fourth-order valence-corrected chi connectivity index (χ4v) is 5.46. The van der Waals surface area contributed by atoms with Crippen LogP contribution in [0.5, 0.6) is 0 Å². The van der Waals surface area contributed by atoms with E-state index in [0.29, 0.717) is 11.4 Å². The van der Waals surface area contributed by atoms with E-state index in [1.165, 1.54) is 11.9 Å². The van der Waals surface area contributed by atoms with Gasteiger partial charge in [-0.1, -0.05) is 42.5 Å². The molecule has 0 saturated carbocycles. The second-order valence-electron chi connectivity index (χ2n) is 10.5. The summed E-state index contributed by atoms with van der Waals surface area (Å²) in [6.45, 7) is 10.1. The SMILES string of the molecule is CC(C)OC(=O)Nc1ccc(-c2ncc(-c3ccc(NC(=O)OCc4ccccc4)cc3)s2)c(SNC(C)(C)C)c1. The molecule has 1 aromatic heterocycles.